The zero-order valence-electron chi connectivity index (χ0n) is 8.60. The fourth-order valence-corrected chi connectivity index (χ4v) is 2.29. The first kappa shape index (κ1) is 10.1. The molecule has 0 spiro atoms. The predicted molar refractivity (Wildman–Crippen MR) is 58.4 cm³/mol. The summed E-state index contributed by atoms with van der Waals surface area (Å²) in [6.45, 7) is 1.42. The number of likely N-dealkylation sites (tertiary alicyclic amines) is 1. The van der Waals surface area contributed by atoms with Gasteiger partial charge >= 0.3 is 0 Å². The Bertz CT molecular complexity index is 438. The van der Waals surface area contributed by atoms with Gasteiger partial charge in [-0.15, -0.1) is 0 Å². The molecule has 2 atom stereocenters. The van der Waals surface area contributed by atoms with Gasteiger partial charge in [-0.3, -0.25) is 4.79 Å². The number of halogens is 1. The molecule has 1 amide bonds. The number of rotatable bonds is 1. The predicted octanol–water partition coefficient (Wildman–Crippen LogP) is 1.35. The van der Waals surface area contributed by atoms with Gasteiger partial charge in [-0.25, -0.2) is 4.98 Å². The van der Waals surface area contributed by atoms with Crippen LogP contribution in [0.25, 0.3) is 0 Å². The van der Waals surface area contributed by atoms with Crippen molar-refractivity contribution in [3.63, 3.8) is 0 Å². The Morgan fingerprint density at radius 3 is 3.19 bits per heavy atom. The smallest absolute Gasteiger partial charge is 0.257 e. The third-order valence-corrected chi connectivity index (χ3v) is 3.35. The molecule has 3 rings (SSSR count). The molecule has 0 bridgehead atoms. The molecule has 1 aromatic rings. The second-order valence-corrected chi connectivity index (χ2v) is 4.45. The Morgan fingerprint density at radius 1 is 1.56 bits per heavy atom. The highest BCUT2D eigenvalue weighted by Gasteiger charge is 2.44. The lowest BCUT2D eigenvalue weighted by Gasteiger charge is -2.24. The molecule has 0 aromatic carbocycles. The fourth-order valence-electron chi connectivity index (χ4n) is 2.09. The van der Waals surface area contributed by atoms with Crippen molar-refractivity contribution in [2.75, 3.05) is 13.1 Å². The highest BCUT2D eigenvalue weighted by molar-refractivity contribution is 6.32. The number of carbonyl (C=O) groups excluding carboxylic acids is 1. The van der Waals surface area contributed by atoms with Crippen molar-refractivity contribution in [1.82, 2.24) is 9.88 Å². The Hall–Kier alpha value is -1.13. The van der Waals surface area contributed by atoms with Gasteiger partial charge in [0.1, 0.15) is 11.3 Å². The van der Waals surface area contributed by atoms with Crippen LogP contribution in [0.4, 0.5) is 0 Å². The van der Waals surface area contributed by atoms with E-state index in [1.54, 1.807) is 23.2 Å². The number of epoxide rings is 1. The molecule has 2 fully saturated rings. The fraction of sp³-hybridized carbons (Fsp3) is 0.455. The number of hydrogen-bond donors (Lipinski definition) is 0. The number of amides is 1. The molecule has 4 nitrogen and oxygen atoms in total. The SMILES string of the molecule is O=C(c1cccnc1Cl)N1CC[C@@H]2O[C@@H]2C1. The van der Waals surface area contributed by atoms with Crippen LogP contribution in [0.15, 0.2) is 18.3 Å². The van der Waals surface area contributed by atoms with Gasteiger partial charge in [-0.05, 0) is 18.6 Å². The van der Waals surface area contributed by atoms with Gasteiger partial charge in [0.25, 0.3) is 5.91 Å². The molecule has 2 aliphatic heterocycles. The topological polar surface area (TPSA) is 45.7 Å². The van der Waals surface area contributed by atoms with E-state index in [4.69, 9.17) is 16.3 Å². The minimum absolute atomic E-state index is 0.0490. The van der Waals surface area contributed by atoms with Gasteiger partial charge in [0.2, 0.25) is 0 Å². The molecule has 0 N–H and O–H groups in total. The average molecular weight is 239 g/mol. The highest BCUT2D eigenvalue weighted by Crippen LogP contribution is 2.31. The molecule has 1 aromatic heterocycles. The largest absolute Gasteiger partial charge is 0.368 e. The summed E-state index contributed by atoms with van der Waals surface area (Å²) < 4.78 is 5.38. The lowest BCUT2D eigenvalue weighted by Crippen LogP contribution is -2.39. The van der Waals surface area contributed by atoms with Crippen molar-refractivity contribution >= 4 is 17.5 Å². The molecular weight excluding hydrogens is 228 g/mol. The van der Waals surface area contributed by atoms with Gasteiger partial charge in [0, 0.05) is 19.3 Å². The monoisotopic (exact) mass is 238 g/mol. The number of hydrogen-bond acceptors (Lipinski definition) is 3. The highest BCUT2D eigenvalue weighted by atomic mass is 35.5. The first-order chi connectivity index (χ1) is 7.75. The minimum atomic E-state index is -0.0490. The summed E-state index contributed by atoms with van der Waals surface area (Å²) in [5, 5.41) is 0.270. The zero-order valence-corrected chi connectivity index (χ0v) is 9.35. The molecule has 3 heterocycles. The Morgan fingerprint density at radius 2 is 2.44 bits per heavy atom. The Kier molecular flexibility index (Phi) is 2.33. The standard InChI is InChI=1S/C11H11ClN2O2/c12-10-7(2-1-4-13-10)11(15)14-5-3-8-9(6-14)16-8/h1-2,4,8-9H,3,5-6H2/t8-,9+/m0/s1. The van der Waals surface area contributed by atoms with Crippen molar-refractivity contribution in [1.29, 1.82) is 0 Å². The van der Waals surface area contributed by atoms with Crippen LogP contribution in [-0.4, -0.2) is 41.1 Å². The number of carbonyl (C=O) groups is 1. The Labute approximate surface area is 98.2 Å². The van der Waals surface area contributed by atoms with Crippen molar-refractivity contribution in [2.24, 2.45) is 0 Å². The number of pyridine rings is 1. The van der Waals surface area contributed by atoms with E-state index in [1.165, 1.54) is 0 Å². The molecule has 0 saturated carbocycles. The maximum absolute atomic E-state index is 12.1. The molecule has 16 heavy (non-hydrogen) atoms. The summed E-state index contributed by atoms with van der Waals surface area (Å²) >= 11 is 5.90. The van der Waals surface area contributed by atoms with Crippen molar-refractivity contribution < 1.29 is 9.53 Å². The van der Waals surface area contributed by atoms with Crippen molar-refractivity contribution in [3.05, 3.63) is 29.0 Å². The summed E-state index contributed by atoms with van der Waals surface area (Å²) in [4.78, 5) is 17.8. The molecular formula is C11H11ClN2O2. The molecule has 2 saturated heterocycles. The van der Waals surface area contributed by atoms with E-state index in [1.807, 2.05) is 0 Å². The van der Waals surface area contributed by atoms with Crippen LogP contribution in [-0.2, 0) is 4.74 Å². The van der Waals surface area contributed by atoms with Crippen LogP contribution in [0.3, 0.4) is 0 Å². The maximum atomic E-state index is 12.1. The van der Waals surface area contributed by atoms with Gasteiger partial charge < -0.3 is 9.64 Å². The van der Waals surface area contributed by atoms with Crippen molar-refractivity contribution in [3.8, 4) is 0 Å². The van der Waals surface area contributed by atoms with E-state index < -0.39 is 0 Å². The van der Waals surface area contributed by atoms with Gasteiger partial charge in [-0.1, -0.05) is 11.6 Å². The number of nitrogens with zero attached hydrogens (tertiary/aromatic N) is 2. The number of ether oxygens (including phenoxy) is 1. The van der Waals surface area contributed by atoms with Gasteiger partial charge in [0.05, 0.1) is 11.7 Å². The zero-order chi connectivity index (χ0) is 11.1. The quantitative estimate of drug-likeness (QED) is 0.548. The van der Waals surface area contributed by atoms with E-state index >= 15 is 0 Å². The summed E-state index contributed by atoms with van der Waals surface area (Å²) in [7, 11) is 0. The van der Waals surface area contributed by atoms with E-state index in [-0.39, 0.29) is 17.2 Å². The van der Waals surface area contributed by atoms with Crippen LogP contribution in [0.5, 0.6) is 0 Å². The van der Waals surface area contributed by atoms with Gasteiger partial charge in [-0.2, -0.15) is 0 Å². The second kappa shape index (κ2) is 3.71. The minimum Gasteiger partial charge on any atom is -0.368 e. The molecule has 5 heteroatoms. The second-order valence-electron chi connectivity index (χ2n) is 4.09. The van der Waals surface area contributed by atoms with E-state index in [2.05, 4.69) is 4.98 Å². The van der Waals surface area contributed by atoms with Crippen LogP contribution in [0.2, 0.25) is 5.15 Å². The first-order valence-electron chi connectivity index (χ1n) is 5.31. The van der Waals surface area contributed by atoms with Crippen LogP contribution in [0.1, 0.15) is 16.8 Å². The van der Waals surface area contributed by atoms with Crippen LogP contribution in [0, 0.1) is 0 Å². The number of piperidine rings is 1. The molecule has 84 valence electrons. The summed E-state index contributed by atoms with van der Waals surface area (Å²) in [6.07, 6.45) is 3.13. The molecule has 0 radical (unpaired) electrons. The summed E-state index contributed by atoms with van der Waals surface area (Å²) in [6, 6.07) is 3.43. The third-order valence-electron chi connectivity index (χ3n) is 3.05. The van der Waals surface area contributed by atoms with Crippen LogP contribution >= 0.6 is 11.6 Å². The third kappa shape index (κ3) is 1.68. The lowest BCUT2D eigenvalue weighted by atomic mass is 10.1. The Balaban J connectivity index is 1.79. The normalized spacial score (nSPS) is 27.4. The van der Waals surface area contributed by atoms with E-state index in [0.29, 0.717) is 18.2 Å². The summed E-state index contributed by atoms with van der Waals surface area (Å²) in [5.74, 6) is -0.0490. The van der Waals surface area contributed by atoms with Crippen LogP contribution < -0.4 is 0 Å². The molecule has 0 aliphatic carbocycles. The number of aromatic nitrogens is 1. The van der Waals surface area contributed by atoms with Crippen molar-refractivity contribution in [2.45, 2.75) is 18.6 Å². The first-order valence-corrected chi connectivity index (χ1v) is 5.69. The molecule has 0 unspecified atom stereocenters. The van der Waals surface area contributed by atoms with E-state index in [0.717, 1.165) is 13.0 Å². The van der Waals surface area contributed by atoms with Gasteiger partial charge in [0.15, 0.2) is 0 Å². The average Bonchev–Trinajstić information content (AvgIpc) is 3.06. The molecule has 2 aliphatic rings. The summed E-state index contributed by atoms with van der Waals surface area (Å²) in [5.41, 5.74) is 0.475. The van der Waals surface area contributed by atoms with E-state index in [9.17, 15) is 4.79 Å². The lowest BCUT2D eigenvalue weighted by molar-refractivity contribution is 0.0736. The number of fused-ring (bicyclic) bond motifs is 1. The maximum Gasteiger partial charge on any atom is 0.257 e.